The van der Waals surface area contributed by atoms with Gasteiger partial charge >= 0.3 is 5.69 Å². The molecule has 5 rings (SSSR count). The van der Waals surface area contributed by atoms with Crippen LogP contribution < -0.4 is 27.4 Å². The number of carbonyl (C=O) groups is 1. The Kier molecular flexibility index (Phi) is 5.82. The van der Waals surface area contributed by atoms with Crippen molar-refractivity contribution in [3.63, 3.8) is 0 Å². The number of carbonyl (C=O) groups excluding carboxylic acids is 1. The Morgan fingerprint density at radius 1 is 0.973 bits per heavy atom. The molecule has 0 radical (unpaired) electrons. The van der Waals surface area contributed by atoms with E-state index < -0.39 is 22.6 Å². The first kappa shape index (κ1) is 24.2. The van der Waals surface area contributed by atoms with Crippen LogP contribution in [0.2, 0.25) is 0 Å². The van der Waals surface area contributed by atoms with Crippen molar-refractivity contribution >= 4 is 28.3 Å². The van der Waals surface area contributed by atoms with Gasteiger partial charge in [-0.1, -0.05) is 12.1 Å². The van der Waals surface area contributed by atoms with Gasteiger partial charge in [0.1, 0.15) is 17.0 Å². The number of aromatic nitrogens is 3. The van der Waals surface area contributed by atoms with Gasteiger partial charge in [0, 0.05) is 31.3 Å². The van der Waals surface area contributed by atoms with Crippen molar-refractivity contribution in [3.05, 3.63) is 96.2 Å². The molecule has 1 amide bonds. The molecule has 1 aliphatic rings. The van der Waals surface area contributed by atoms with Crippen molar-refractivity contribution in [3.8, 4) is 5.69 Å². The van der Waals surface area contributed by atoms with Crippen LogP contribution in [0.15, 0.2) is 56.8 Å². The fourth-order valence-corrected chi connectivity index (χ4v) is 4.42. The van der Waals surface area contributed by atoms with Gasteiger partial charge in [-0.25, -0.2) is 9.18 Å². The lowest BCUT2D eigenvalue weighted by atomic mass is 10.1. The summed E-state index contributed by atoms with van der Waals surface area (Å²) in [5, 5.41) is 5.85. The van der Waals surface area contributed by atoms with Gasteiger partial charge in [0.25, 0.3) is 17.0 Å². The molecule has 37 heavy (non-hydrogen) atoms. The van der Waals surface area contributed by atoms with Gasteiger partial charge in [-0.2, -0.15) is 0 Å². The van der Waals surface area contributed by atoms with Crippen LogP contribution in [0.4, 0.5) is 15.9 Å². The summed E-state index contributed by atoms with van der Waals surface area (Å²) in [6, 6.07) is 11.2. The summed E-state index contributed by atoms with van der Waals surface area (Å²) in [5.41, 5.74) is -0.0932. The standard InChI is InChI=1S/C27H26FN5O4/c1-14-8-11-20(19(28)12-14)30-23-21-22(15(2)25(35)31(23)3)33(27(37)32(4)26(21)36)18-7-5-6-16(13-18)24(34)29-17-9-10-17/h5-8,11-13,17,30H,9-10H2,1-4H3,(H,29,34). The van der Waals surface area contributed by atoms with Crippen LogP contribution in [-0.2, 0) is 14.1 Å². The molecule has 0 atom stereocenters. The first-order valence-corrected chi connectivity index (χ1v) is 11.9. The first-order chi connectivity index (χ1) is 17.6. The lowest BCUT2D eigenvalue weighted by Crippen LogP contribution is -2.40. The Hall–Kier alpha value is -4.47. The molecule has 2 N–H and O–H groups in total. The number of hydrogen-bond donors (Lipinski definition) is 2. The average Bonchev–Trinajstić information content (AvgIpc) is 3.69. The van der Waals surface area contributed by atoms with E-state index in [0.717, 1.165) is 17.4 Å². The third-order valence-corrected chi connectivity index (χ3v) is 6.67. The largest absolute Gasteiger partial charge is 0.349 e. The first-order valence-electron chi connectivity index (χ1n) is 11.9. The van der Waals surface area contributed by atoms with Gasteiger partial charge in [0.15, 0.2) is 0 Å². The summed E-state index contributed by atoms with van der Waals surface area (Å²) in [6.07, 6.45) is 1.85. The molecule has 2 heterocycles. The van der Waals surface area contributed by atoms with Crippen molar-refractivity contribution in [2.45, 2.75) is 32.7 Å². The lowest BCUT2D eigenvalue weighted by Gasteiger charge is -2.20. The number of rotatable bonds is 5. The summed E-state index contributed by atoms with van der Waals surface area (Å²) >= 11 is 0. The molecule has 0 unspecified atom stereocenters. The second kappa shape index (κ2) is 8.88. The Morgan fingerprint density at radius 3 is 2.38 bits per heavy atom. The van der Waals surface area contributed by atoms with E-state index in [1.54, 1.807) is 37.3 Å². The Balaban J connectivity index is 1.81. The average molecular weight is 504 g/mol. The number of nitrogens with zero attached hydrogens (tertiary/aromatic N) is 3. The minimum atomic E-state index is -0.680. The molecular formula is C27H26FN5O4. The van der Waals surface area contributed by atoms with E-state index in [1.807, 2.05) is 0 Å². The van der Waals surface area contributed by atoms with Crippen LogP contribution in [-0.4, -0.2) is 25.7 Å². The molecule has 0 bridgehead atoms. The SMILES string of the molecule is Cc1ccc(Nc2c3c(=O)n(C)c(=O)n(-c4cccc(C(=O)NC5CC5)c4)c3c(C)c(=O)n2C)c(F)c1. The van der Waals surface area contributed by atoms with Crippen LogP contribution in [0, 0.1) is 19.7 Å². The number of halogens is 1. The third kappa shape index (κ3) is 4.14. The Morgan fingerprint density at radius 2 is 1.70 bits per heavy atom. The molecule has 1 saturated carbocycles. The number of fused-ring (bicyclic) bond motifs is 1. The van der Waals surface area contributed by atoms with Gasteiger partial charge < -0.3 is 10.6 Å². The number of hydrogen-bond acceptors (Lipinski definition) is 5. The van der Waals surface area contributed by atoms with Gasteiger partial charge in [-0.05, 0) is 62.6 Å². The maximum atomic E-state index is 14.7. The number of aryl methyl sites for hydroxylation is 2. The normalized spacial score (nSPS) is 13.1. The highest BCUT2D eigenvalue weighted by Crippen LogP contribution is 2.27. The quantitative estimate of drug-likeness (QED) is 0.436. The zero-order valence-corrected chi connectivity index (χ0v) is 20.9. The molecule has 2 aromatic heterocycles. The van der Waals surface area contributed by atoms with Crippen molar-refractivity contribution in [1.29, 1.82) is 0 Å². The molecule has 10 heteroatoms. The van der Waals surface area contributed by atoms with Crippen molar-refractivity contribution in [2.75, 3.05) is 5.32 Å². The zero-order valence-electron chi connectivity index (χ0n) is 20.9. The summed E-state index contributed by atoms with van der Waals surface area (Å²) in [4.78, 5) is 52.8. The number of pyridine rings is 1. The van der Waals surface area contributed by atoms with Crippen LogP contribution in [0.3, 0.4) is 0 Å². The van der Waals surface area contributed by atoms with Gasteiger partial charge in [0.2, 0.25) is 0 Å². The fourth-order valence-electron chi connectivity index (χ4n) is 4.42. The van der Waals surface area contributed by atoms with E-state index in [1.165, 1.54) is 42.3 Å². The third-order valence-electron chi connectivity index (χ3n) is 6.67. The minimum Gasteiger partial charge on any atom is -0.349 e. The molecular weight excluding hydrogens is 477 g/mol. The summed E-state index contributed by atoms with van der Waals surface area (Å²) in [7, 11) is 2.81. The second-order valence-electron chi connectivity index (χ2n) is 9.45. The zero-order chi connectivity index (χ0) is 26.6. The van der Waals surface area contributed by atoms with E-state index in [2.05, 4.69) is 10.6 Å². The lowest BCUT2D eigenvalue weighted by molar-refractivity contribution is 0.0951. The monoisotopic (exact) mass is 503 g/mol. The predicted octanol–water partition coefficient (Wildman–Crippen LogP) is 2.78. The van der Waals surface area contributed by atoms with Crippen molar-refractivity contribution < 1.29 is 9.18 Å². The molecule has 0 saturated heterocycles. The van der Waals surface area contributed by atoms with E-state index in [0.29, 0.717) is 16.8 Å². The molecule has 2 aromatic carbocycles. The highest BCUT2D eigenvalue weighted by molar-refractivity contribution is 5.96. The second-order valence-corrected chi connectivity index (χ2v) is 9.45. The van der Waals surface area contributed by atoms with E-state index in [4.69, 9.17) is 0 Å². The van der Waals surface area contributed by atoms with Gasteiger partial charge in [-0.3, -0.25) is 28.1 Å². The maximum absolute atomic E-state index is 14.7. The molecule has 190 valence electrons. The fraction of sp³-hybridized carbons (Fsp3) is 0.259. The number of amides is 1. The molecule has 1 aliphatic carbocycles. The smallest absolute Gasteiger partial charge is 0.335 e. The molecule has 0 spiro atoms. The minimum absolute atomic E-state index is 0.0366. The van der Waals surface area contributed by atoms with Crippen LogP contribution in [0.5, 0.6) is 0 Å². The van der Waals surface area contributed by atoms with Crippen LogP contribution in [0.1, 0.15) is 34.3 Å². The maximum Gasteiger partial charge on any atom is 0.335 e. The molecule has 1 fully saturated rings. The molecule has 0 aliphatic heterocycles. The highest BCUT2D eigenvalue weighted by Gasteiger charge is 2.25. The Bertz CT molecular complexity index is 1780. The molecule has 9 nitrogen and oxygen atoms in total. The summed E-state index contributed by atoms with van der Waals surface area (Å²) < 4.78 is 18.1. The number of nitrogens with one attached hydrogen (secondary N) is 2. The number of benzene rings is 2. The topological polar surface area (TPSA) is 107 Å². The summed E-state index contributed by atoms with van der Waals surface area (Å²) in [5.74, 6) is -0.776. The van der Waals surface area contributed by atoms with E-state index >= 15 is 0 Å². The predicted molar refractivity (Wildman–Crippen MR) is 140 cm³/mol. The van der Waals surface area contributed by atoms with Gasteiger partial charge in [0.05, 0.1) is 16.9 Å². The summed E-state index contributed by atoms with van der Waals surface area (Å²) in [6.45, 7) is 3.28. The number of anilines is 2. The van der Waals surface area contributed by atoms with E-state index in [-0.39, 0.29) is 39.9 Å². The van der Waals surface area contributed by atoms with Gasteiger partial charge in [-0.15, -0.1) is 0 Å². The van der Waals surface area contributed by atoms with Crippen LogP contribution in [0.25, 0.3) is 16.6 Å². The highest BCUT2D eigenvalue weighted by atomic mass is 19.1. The van der Waals surface area contributed by atoms with Crippen LogP contribution >= 0.6 is 0 Å². The Labute approximate surface area is 210 Å². The van der Waals surface area contributed by atoms with E-state index in [9.17, 15) is 23.6 Å². The van der Waals surface area contributed by atoms with Crippen molar-refractivity contribution in [1.82, 2.24) is 19.0 Å². The molecule has 4 aromatic rings. The van der Waals surface area contributed by atoms with Crippen molar-refractivity contribution in [2.24, 2.45) is 14.1 Å².